The van der Waals surface area contributed by atoms with Gasteiger partial charge in [0.15, 0.2) is 9.84 Å². The number of nitriles is 1. The van der Waals surface area contributed by atoms with Crippen molar-refractivity contribution in [2.75, 3.05) is 0 Å². The van der Waals surface area contributed by atoms with Crippen molar-refractivity contribution in [3.63, 3.8) is 0 Å². The van der Waals surface area contributed by atoms with Crippen molar-refractivity contribution in [1.29, 1.82) is 5.26 Å². The smallest absolute Gasteiger partial charge is 0.160 e. The van der Waals surface area contributed by atoms with E-state index < -0.39 is 37.3 Å². The van der Waals surface area contributed by atoms with Crippen molar-refractivity contribution in [3.8, 4) is 6.07 Å². The predicted molar refractivity (Wildman–Crippen MR) is 368 cm³/mol. The average Bonchev–Trinajstić information content (AvgIpc) is 3.18. The molecule has 0 bridgehead atoms. The zero-order valence-electron chi connectivity index (χ0n) is 61.2. The van der Waals surface area contributed by atoms with Gasteiger partial charge in [-0.2, -0.15) is 10.2 Å². The van der Waals surface area contributed by atoms with E-state index in [0.717, 1.165) is 0 Å². The molecule has 0 unspecified atom stereocenters. The number of sulfone groups is 1. The van der Waals surface area contributed by atoms with Crippen LogP contribution >= 0.6 is 7.14 Å². The van der Waals surface area contributed by atoms with Crippen LogP contribution in [0, 0.1) is 43.3 Å². The van der Waals surface area contributed by atoms with Crippen LogP contribution in [0.3, 0.4) is 0 Å². The molecule has 2 aromatic rings. The van der Waals surface area contributed by atoms with Crippen molar-refractivity contribution in [1.82, 2.24) is 0 Å². The normalized spacial score (nSPS) is 13.5. The molecule has 0 saturated heterocycles. The van der Waals surface area contributed by atoms with Crippen LogP contribution in [0.2, 0.25) is 0 Å². The highest BCUT2D eigenvalue weighted by Crippen LogP contribution is 2.74. The minimum absolute atomic E-state index is 0.0237. The third-order valence-electron chi connectivity index (χ3n) is 11.1. The second kappa shape index (κ2) is 31.7. The summed E-state index contributed by atoms with van der Waals surface area (Å²) in [4.78, 5) is 25.9. The van der Waals surface area contributed by atoms with Crippen molar-refractivity contribution < 1.29 is 22.0 Å². The lowest BCUT2D eigenvalue weighted by molar-refractivity contribution is -0.134. The lowest BCUT2D eigenvalue weighted by Crippen LogP contribution is -2.41. The Morgan fingerprint density at radius 1 is 0.444 bits per heavy atom. The summed E-state index contributed by atoms with van der Waals surface area (Å²) in [5, 5.41) is 13.2. The third kappa shape index (κ3) is 38.2. The van der Waals surface area contributed by atoms with Gasteiger partial charge in [0.25, 0.3) is 0 Å². The van der Waals surface area contributed by atoms with Gasteiger partial charge in [0.1, 0.15) is 12.9 Å². The van der Waals surface area contributed by atoms with Gasteiger partial charge in [0.05, 0.1) is 26.6 Å². The zero-order chi connectivity index (χ0) is 67.7. The van der Waals surface area contributed by atoms with E-state index in [4.69, 9.17) is 10.3 Å². The average molecular weight is 1200 g/mol. The van der Waals surface area contributed by atoms with Crippen LogP contribution < -0.4 is 0 Å². The summed E-state index contributed by atoms with van der Waals surface area (Å²) in [6, 6.07) is 18.8. The first-order valence-corrected chi connectivity index (χ1v) is 33.4. The SMILES string of the molecule is CC(C)(C)C#N.CC(C)(C)C(=O)C(C)(C)C.CC(C)(C)N=C(C(C)(C)C)C(C)(C)C.CC(C)(C)N=O.CC(C)(C)P(=O)(C(C)(C)C)C(C)(C)C.CC(C)(C)S(=O)(=O)C(C)(C)C.CC(C)(C)S(=O)C(C)(C)C.c1ccc2ccccc2c1. The van der Waals surface area contributed by atoms with Crippen LogP contribution in [0.5, 0.6) is 0 Å². The van der Waals surface area contributed by atoms with Gasteiger partial charge in [0, 0.05) is 68.5 Å². The Hall–Kier alpha value is -2.54. The molecule has 0 spiro atoms. The first-order valence-electron chi connectivity index (χ1n) is 29.1. The van der Waals surface area contributed by atoms with Gasteiger partial charge in [-0.15, -0.1) is 0 Å². The van der Waals surface area contributed by atoms with Crippen LogP contribution in [0.4, 0.5) is 0 Å². The van der Waals surface area contributed by atoms with Crippen molar-refractivity contribution >= 4 is 50.0 Å². The highest BCUT2D eigenvalue weighted by atomic mass is 32.2. The number of carbonyl (C=O) groups is 1. The predicted octanol–water partition coefficient (Wildman–Crippen LogP) is 22.0. The molecule has 0 aliphatic rings. The molecule has 9 nitrogen and oxygen atoms in total. The van der Waals surface area contributed by atoms with Crippen molar-refractivity contribution in [2.45, 2.75) is 336 Å². The maximum absolute atomic E-state index is 13.3. The Morgan fingerprint density at radius 2 is 0.654 bits per heavy atom. The van der Waals surface area contributed by atoms with Crippen LogP contribution in [0.25, 0.3) is 10.8 Å². The lowest BCUT2D eigenvalue weighted by Gasteiger charge is -2.49. The van der Waals surface area contributed by atoms with Gasteiger partial charge < -0.3 is 4.57 Å². The van der Waals surface area contributed by atoms with Crippen LogP contribution in [0.15, 0.2) is 58.7 Å². The molecule has 0 fully saturated rings. The molecule has 0 radical (unpaired) electrons. The first kappa shape index (κ1) is 89.7. The van der Waals surface area contributed by atoms with E-state index in [0.29, 0.717) is 5.78 Å². The number of carbonyl (C=O) groups excluding carboxylic acids is 1. The van der Waals surface area contributed by atoms with Gasteiger partial charge in [-0.05, 0) is 156 Å². The maximum atomic E-state index is 13.3. The van der Waals surface area contributed by atoms with Crippen LogP contribution in [0.1, 0.15) is 291 Å². The van der Waals surface area contributed by atoms with Gasteiger partial charge >= 0.3 is 0 Å². The number of hydrogen-bond acceptors (Lipinski definition) is 9. The molecule has 2 rings (SSSR count). The largest absolute Gasteiger partial charge is 0.322 e. The molecular weight excluding hydrogens is 1060 g/mol. The number of Topliss-reactive ketones (excluding diaryl/α,β-unsaturated/α-hetero) is 1. The van der Waals surface area contributed by atoms with Gasteiger partial charge in [0.2, 0.25) is 0 Å². The summed E-state index contributed by atoms with van der Waals surface area (Å²) >= 11 is 0. The molecule has 0 amide bonds. The highest BCUT2D eigenvalue weighted by molar-refractivity contribution is 7.94. The summed E-state index contributed by atoms with van der Waals surface area (Å²) in [6.07, 6.45) is 0. The van der Waals surface area contributed by atoms with E-state index in [-0.39, 0.29) is 63.1 Å². The molecule has 81 heavy (non-hydrogen) atoms. The topological polar surface area (TPSA) is 151 Å². The van der Waals surface area contributed by atoms with E-state index >= 15 is 0 Å². The maximum Gasteiger partial charge on any atom is 0.160 e. The lowest BCUT2D eigenvalue weighted by atomic mass is 9.74. The Bertz CT molecular complexity index is 2220. The molecule has 12 heteroatoms. The quantitative estimate of drug-likeness (QED) is 0.145. The number of hydrogen-bond donors (Lipinski definition) is 0. The Kier molecular flexibility index (Phi) is 35.1. The molecule has 0 aromatic heterocycles. The van der Waals surface area contributed by atoms with Crippen LogP contribution in [-0.2, 0) is 30.0 Å². The summed E-state index contributed by atoms with van der Waals surface area (Å²) in [5.41, 5.74) is 0.709. The van der Waals surface area contributed by atoms with Crippen molar-refractivity contribution in [2.24, 2.45) is 37.2 Å². The zero-order valence-corrected chi connectivity index (χ0v) is 63.7. The third-order valence-corrected chi connectivity index (χ3v) is 22.2. The minimum atomic E-state index is -3.01. The Balaban J connectivity index is -0.000000201. The highest BCUT2D eigenvalue weighted by Gasteiger charge is 2.53. The van der Waals surface area contributed by atoms with E-state index in [9.17, 15) is 26.9 Å². The standard InChI is InChI=1S/C13H27N.C12H27OP.C10H8.C9H18O.C8H18O2S.C8H18OS.C5H9N.C4H9NO/c1-11(2,3)10(12(4,5)6)14-13(7,8)9;1-10(2,3)14(13,11(4,5)6)12(7,8)9;1-2-6-10-8-4-3-7-9(10)5-1;1-8(2,3)7(10)9(4,5)6;1-7(2,3)11(9,10)8(4,5)6;1-7(2,3)10(9)8(4,5)6;1-5(2,3)4-6;1-4(2,3)5-6/h2*1-9H3;1-8H;1-6H3;1-6H3;1-6H3;2*1-3H3. The van der Waals surface area contributed by atoms with Gasteiger partial charge in [-0.25, -0.2) is 8.42 Å². The molecule has 0 atom stereocenters. The molecule has 478 valence electrons. The molecule has 0 N–H and O–H groups in total. The fraction of sp³-hybridized carbons (Fsp3) is 0.812. The number of nitroso groups, excluding NO2 is 1. The Morgan fingerprint density at radius 3 is 0.704 bits per heavy atom. The minimum Gasteiger partial charge on any atom is -0.322 e. The second-order valence-corrected chi connectivity index (χ2v) is 47.0. The number of nitrogens with zero attached hydrogens (tertiary/aromatic N) is 3. The number of rotatable bonds is 0. The summed E-state index contributed by atoms with van der Waals surface area (Å²) in [6.45, 7) is 83.9. The van der Waals surface area contributed by atoms with Gasteiger partial charge in [-0.3, -0.25) is 14.0 Å². The summed E-state index contributed by atoms with van der Waals surface area (Å²) in [5.74, 6) is 0.319. The van der Waals surface area contributed by atoms with Gasteiger partial charge in [-0.1, -0.05) is 199 Å². The Labute approximate surface area is 507 Å². The number of ketones is 1. The number of benzene rings is 2. The first-order chi connectivity index (χ1) is 34.5. The summed E-state index contributed by atoms with van der Waals surface area (Å²) in [7, 11) is -6.04. The van der Waals surface area contributed by atoms with E-state index in [1.807, 2.05) is 104 Å². The van der Waals surface area contributed by atoms with Crippen molar-refractivity contribution in [3.05, 3.63) is 53.4 Å². The van der Waals surface area contributed by atoms with E-state index in [1.54, 1.807) is 62.3 Å². The molecule has 0 aliphatic carbocycles. The monoisotopic (exact) mass is 1200 g/mol. The number of aliphatic imine (C=N–C) groups is 1. The van der Waals surface area contributed by atoms with Crippen LogP contribution in [-0.4, -0.2) is 69.7 Å². The van der Waals surface area contributed by atoms with E-state index in [1.165, 1.54) is 16.5 Å². The molecule has 2 aromatic carbocycles. The molecule has 0 heterocycles. The number of fused-ring (bicyclic) bond motifs is 1. The molecule has 0 saturated carbocycles. The fourth-order valence-corrected chi connectivity index (χ4v) is 18.6. The summed E-state index contributed by atoms with van der Waals surface area (Å²) < 4.78 is 46.8. The fourth-order valence-electron chi connectivity index (χ4n) is 8.91. The molecular formula is C69H134N3O6PS2. The molecule has 0 aliphatic heterocycles. The second-order valence-electron chi connectivity index (χ2n) is 35.3. The van der Waals surface area contributed by atoms with E-state index in [2.05, 4.69) is 184 Å².